The van der Waals surface area contributed by atoms with Crippen molar-refractivity contribution < 1.29 is 9.53 Å². The fourth-order valence-corrected chi connectivity index (χ4v) is 1.69. The summed E-state index contributed by atoms with van der Waals surface area (Å²) in [4.78, 5) is 10.4. The molecule has 1 heterocycles. The molecule has 0 aromatic rings. The molecule has 0 bridgehead atoms. The Kier molecular flexibility index (Phi) is 2.13. The van der Waals surface area contributed by atoms with Crippen molar-refractivity contribution in [2.75, 3.05) is 18.1 Å². The summed E-state index contributed by atoms with van der Waals surface area (Å²) in [6, 6.07) is 0. The van der Waals surface area contributed by atoms with Crippen molar-refractivity contribution in [3.8, 4) is 0 Å². The predicted molar refractivity (Wildman–Crippen MR) is 37.7 cm³/mol. The van der Waals surface area contributed by atoms with Crippen molar-refractivity contribution in [1.29, 1.82) is 0 Å². The van der Waals surface area contributed by atoms with Crippen LogP contribution in [0, 0.1) is 0 Å². The van der Waals surface area contributed by atoms with Crippen LogP contribution in [0.3, 0.4) is 0 Å². The van der Waals surface area contributed by atoms with Crippen molar-refractivity contribution in [2.45, 2.75) is 12.5 Å². The number of hydrogen-bond donors (Lipinski definition) is 0. The van der Waals surface area contributed by atoms with Crippen molar-refractivity contribution in [3.05, 3.63) is 0 Å². The number of ether oxygens (including phenoxy) is 1. The van der Waals surface area contributed by atoms with Crippen molar-refractivity contribution in [3.63, 3.8) is 0 Å². The summed E-state index contributed by atoms with van der Waals surface area (Å²) in [5.74, 6) is 1.68. The lowest BCUT2D eigenvalue weighted by molar-refractivity contribution is -0.126. The highest BCUT2D eigenvalue weighted by molar-refractivity contribution is 8.01. The zero-order valence-electron chi connectivity index (χ0n) is 5.42. The fraction of sp³-hybridized carbons (Fsp3) is 0.833. The molecule has 1 aliphatic rings. The molecule has 0 aliphatic carbocycles. The molecule has 0 spiro atoms. The van der Waals surface area contributed by atoms with Crippen molar-refractivity contribution >= 4 is 18.0 Å². The minimum absolute atomic E-state index is 0.403. The Morgan fingerprint density at radius 1 is 1.78 bits per heavy atom. The average molecular weight is 146 g/mol. The van der Waals surface area contributed by atoms with E-state index in [1.165, 1.54) is 0 Å². The lowest BCUT2D eigenvalue weighted by atomic mass is 10.1. The lowest BCUT2D eigenvalue weighted by Crippen LogP contribution is -2.47. The second-order valence-corrected chi connectivity index (χ2v) is 3.09. The van der Waals surface area contributed by atoms with Crippen LogP contribution in [0.1, 0.15) is 6.92 Å². The summed E-state index contributed by atoms with van der Waals surface area (Å²) in [5, 5.41) is 0. The Balaban J connectivity index is 2.37. The van der Waals surface area contributed by atoms with E-state index in [9.17, 15) is 4.79 Å². The molecule has 2 nitrogen and oxygen atoms in total. The van der Waals surface area contributed by atoms with Crippen LogP contribution in [0.4, 0.5) is 0 Å². The van der Waals surface area contributed by atoms with Crippen LogP contribution in [-0.4, -0.2) is 30.0 Å². The third kappa shape index (κ3) is 1.27. The highest BCUT2D eigenvalue weighted by Crippen LogP contribution is 2.30. The molecule has 0 aromatic carbocycles. The molecular weight excluding hydrogens is 136 g/mol. The van der Waals surface area contributed by atoms with Gasteiger partial charge in [0.25, 0.3) is 0 Å². The maximum atomic E-state index is 10.4. The highest BCUT2D eigenvalue weighted by Gasteiger charge is 2.38. The van der Waals surface area contributed by atoms with E-state index in [-0.39, 0.29) is 0 Å². The second kappa shape index (κ2) is 2.71. The van der Waals surface area contributed by atoms with Crippen LogP contribution in [-0.2, 0) is 9.53 Å². The standard InChI is InChI=1S/C6H10O2S/c1-2-8-6(3-7)4-9-5-6/h3H,2,4-5H2,1H3. The Bertz CT molecular complexity index is 110. The van der Waals surface area contributed by atoms with E-state index in [2.05, 4.69) is 0 Å². The Morgan fingerprint density at radius 2 is 2.44 bits per heavy atom. The van der Waals surface area contributed by atoms with Gasteiger partial charge in [0.2, 0.25) is 0 Å². The third-order valence-electron chi connectivity index (χ3n) is 1.34. The third-order valence-corrected chi connectivity index (χ3v) is 2.72. The van der Waals surface area contributed by atoms with Gasteiger partial charge in [0.1, 0.15) is 5.60 Å². The van der Waals surface area contributed by atoms with E-state index in [1.807, 2.05) is 6.92 Å². The van der Waals surface area contributed by atoms with Gasteiger partial charge in [-0.1, -0.05) is 0 Å². The van der Waals surface area contributed by atoms with Crippen LogP contribution in [0.15, 0.2) is 0 Å². The molecule has 0 amide bonds. The summed E-state index contributed by atoms with van der Waals surface area (Å²) in [6.07, 6.45) is 0.924. The van der Waals surface area contributed by atoms with Gasteiger partial charge < -0.3 is 9.53 Å². The molecule has 0 atom stereocenters. The minimum Gasteiger partial charge on any atom is -0.366 e. The summed E-state index contributed by atoms with van der Waals surface area (Å²) in [5.41, 5.74) is -0.403. The van der Waals surface area contributed by atoms with Crippen LogP contribution in [0.25, 0.3) is 0 Å². The molecule has 3 heteroatoms. The highest BCUT2D eigenvalue weighted by atomic mass is 32.2. The van der Waals surface area contributed by atoms with E-state index in [4.69, 9.17) is 4.74 Å². The quantitative estimate of drug-likeness (QED) is 0.548. The van der Waals surface area contributed by atoms with Gasteiger partial charge in [0, 0.05) is 18.1 Å². The van der Waals surface area contributed by atoms with Crippen LogP contribution < -0.4 is 0 Å². The smallest absolute Gasteiger partial charge is 0.153 e. The Hall–Kier alpha value is -0.0200. The van der Waals surface area contributed by atoms with Crippen LogP contribution in [0.5, 0.6) is 0 Å². The molecule has 0 N–H and O–H groups in total. The zero-order valence-corrected chi connectivity index (χ0v) is 6.24. The van der Waals surface area contributed by atoms with Crippen LogP contribution in [0.2, 0.25) is 0 Å². The predicted octanol–water partition coefficient (Wildman–Crippen LogP) is 0.707. The minimum atomic E-state index is -0.403. The number of carbonyl (C=O) groups is 1. The van der Waals surface area contributed by atoms with Gasteiger partial charge in [-0.2, -0.15) is 11.8 Å². The number of carbonyl (C=O) groups excluding carboxylic acids is 1. The van der Waals surface area contributed by atoms with Gasteiger partial charge in [0.15, 0.2) is 6.29 Å². The SMILES string of the molecule is CCOC1(C=O)CSC1. The van der Waals surface area contributed by atoms with E-state index in [0.717, 1.165) is 17.8 Å². The van der Waals surface area contributed by atoms with Gasteiger partial charge in [-0.25, -0.2) is 0 Å². The number of thioether (sulfide) groups is 1. The topological polar surface area (TPSA) is 26.3 Å². The molecule has 0 aromatic heterocycles. The van der Waals surface area contributed by atoms with E-state index in [0.29, 0.717) is 6.61 Å². The molecule has 0 saturated carbocycles. The van der Waals surface area contributed by atoms with Gasteiger partial charge in [-0.3, -0.25) is 0 Å². The Labute approximate surface area is 59.0 Å². The molecule has 1 saturated heterocycles. The molecule has 1 aliphatic heterocycles. The van der Waals surface area contributed by atoms with Gasteiger partial charge in [0.05, 0.1) is 0 Å². The van der Waals surface area contributed by atoms with E-state index in [1.54, 1.807) is 11.8 Å². The van der Waals surface area contributed by atoms with E-state index >= 15 is 0 Å². The molecule has 1 fully saturated rings. The summed E-state index contributed by atoms with van der Waals surface area (Å²) in [7, 11) is 0. The zero-order chi connectivity index (χ0) is 6.74. The molecule has 52 valence electrons. The number of hydrogen-bond acceptors (Lipinski definition) is 3. The maximum absolute atomic E-state index is 10.4. The monoisotopic (exact) mass is 146 g/mol. The first-order valence-electron chi connectivity index (χ1n) is 3.01. The molecule has 1 rings (SSSR count). The normalized spacial score (nSPS) is 22.8. The first-order valence-corrected chi connectivity index (χ1v) is 4.16. The van der Waals surface area contributed by atoms with Gasteiger partial charge in [-0.15, -0.1) is 0 Å². The molecular formula is C6H10O2S. The van der Waals surface area contributed by atoms with E-state index < -0.39 is 5.60 Å². The first-order chi connectivity index (χ1) is 4.33. The van der Waals surface area contributed by atoms with Crippen molar-refractivity contribution in [1.82, 2.24) is 0 Å². The average Bonchev–Trinajstić information content (AvgIpc) is 1.79. The molecule has 0 unspecified atom stereocenters. The largest absolute Gasteiger partial charge is 0.366 e. The maximum Gasteiger partial charge on any atom is 0.153 e. The Morgan fingerprint density at radius 3 is 2.56 bits per heavy atom. The van der Waals surface area contributed by atoms with Crippen molar-refractivity contribution in [2.24, 2.45) is 0 Å². The number of rotatable bonds is 3. The van der Waals surface area contributed by atoms with Gasteiger partial charge >= 0.3 is 0 Å². The number of aldehydes is 1. The molecule has 9 heavy (non-hydrogen) atoms. The fourth-order valence-electron chi connectivity index (χ4n) is 0.776. The summed E-state index contributed by atoms with van der Waals surface area (Å²) >= 11 is 1.75. The van der Waals surface area contributed by atoms with Gasteiger partial charge in [-0.05, 0) is 6.92 Å². The molecule has 0 radical (unpaired) electrons. The second-order valence-electron chi connectivity index (χ2n) is 2.11. The summed E-state index contributed by atoms with van der Waals surface area (Å²) < 4.78 is 5.23. The summed E-state index contributed by atoms with van der Waals surface area (Å²) in [6.45, 7) is 2.55. The van der Waals surface area contributed by atoms with Crippen LogP contribution >= 0.6 is 11.8 Å². The first kappa shape index (κ1) is 7.09. The lowest BCUT2D eigenvalue weighted by Gasteiger charge is -2.35.